The Hall–Kier alpha value is -1.65. The Labute approximate surface area is 136 Å². The minimum atomic E-state index is 0.269. The third-order valence-corrected chi connectivity index (χ3v) is 5.07. The average molecular weight is 314 g/mol. The lowest BCUT2D eigenvalue weighted by Crippen LogP contribution is -2.49. The molecule has 0 bridgehead atoms. The lowest BCUT2D eigenvalue weighted by molar-refractivity contribution is -0.132. The fraction of sp³-hybridized carbons (Fsp3) is 0.389. The fourth-order valence-corrected chi connectivity index (χ4v) is 3.52. The van der Waals surface area contributed by atoms with Crippen molar-refractivity contribution >= 4 is 17.2 Å². The molecule has 1 fully saturated rings. The van der Waals surface area contributed by atoms with Gasteiger partial charge in [0.1, 0.15) is 0 Å². The molecule has 3 nitrogen and oxygen atoms in total. The Balaban J connectivity index is 1.41. The zero-order valence-corrected chi connectivity index (χ0v) is 13.6. The van der Waals surface area contributed by atoms with Gasteiger partial charge in [-0.3, -0.25) is 9.69 Å². The van der Waals surface area contributed by atoms with Crippen molar-refractivity contribution < 1.29 is 4.79 Å². The summed E-state index contributed by atoms with van der Waals surface area (Å²) in [5, 5.41) is 2.03. The van der Waals surface area contributed by atoms with Gasteiger partial charge in [-0.1, -0.05) is 36.4 Å². The van der Waals surface area contributed by atoms with Crippen molar-refractivity contribution in [2.24, 2.45) is 0 Å². The summed E-state index contributed by atoms with van der Waals surface area (Å²) in [6, 6.07) is 14.7. The van der Waals surface area contributed by atoms with Crippen LogP contribution in [0.5, 0.6) is 0 Å². The normalized spacial score (nSPS) is 15.9. The summed E-state index contributed by atoms with van der Waals surface area (Å²) in [6.45, 7) is 4.78. The summed E-state index contributed by atoms with van der Waals surface area (Å²) in [4.78, 5) is 17.9. The maximum absolute atomic E-state index is 12.3. The standard InChI is InChI=1S/C18H22N2OS/c21-18(15-17-7-4-14-22-17)20-12-10-19(11-13-20)9-8-16-5-2-1-3-6-16/h1-7,14H,8-13,15H2. The van der Waals surface area contributed by atoms with E-state index < -0.39 is 0 Å². The van der Waals surface area contributed by atoms with Crippen LogP contribution in [0.4, 0.5) is 0 Å². The number of carbonyl (C=O) groups is 1. The van der Waals surface area contributed by atoms with Gasteiger partial charge in [0.2, 0.25) is 5.91 Å². The van der Waals surface area contributed by atoms with Crippen LogP contribution in [-0.4, -0.2) is 48.4 Å². The summed E-state index contributed by atoms with van der Waals surface area (Å²) in [7, 11) is 0. The van der Waals surface area contributed by atoms with E-state index in [-0.39, 0.29) is 5.91 Å². The molecule has 4 heteroatoms. The van der Waals surface area contributed by atoms with E-state index in [1.54, 1.807) is 11.3 Å². The lowest BCUT2D eigenvalue weighted by Gasteiger charge is -2.34. The van der Waals surface area contributed by atoms with Crippen molar-refractivity contribution in [2.75, 3.05) is 32.7 Å². The van der Waals surface area contributed by atoms with Gasteiger partial charge in [0.15, 0.2) is 0 Å². The molecule has 116 valence electrons. The van der Waals surface area contributed by atoms with E-state index in [1.807, 2.05) is 22.4 Å². The Morgan fingerprint density at radius 2 is 1.77 bits per heavy atom. The van der Waals surface area contributed by atoms with Gasteiger partial charge in [-0.05, 0) is 23.4 Å². The number of carbonyl (C=O) groups excluding carboxylic acids is 1. The van der Waals surface area contributed by atoms with Crippen LogP contribution in [0, 0.1) is 0 Å². The van der Waals surface area contributed by atoms with Crippen molar-refractivity contribution in [1.82, 2.24) is 9.80 Å². The zero-order valence-electron chi connectivity index (χ0n) is 12.8. The van der Waals surface area contributed by atoms with Crippen LogP contribution in [0.3, 0.4) is 0 Å². The molecule has 1 aromatic heterocycles. The number of hydrogen-bond acceptors (Lipinski definition) is 3. The van der Waals surface area contributed by atoms with Gasteiger partial charge >= 0.3 is 0 Å². The predicted molar refractivity (Wildman–Crippen MR) is 91.2 cm³/mol. The molecule has 0 unspecified atom stereocenters. The monoisotopic (exact) mass is 314 g/mol. The van der Waals surface area contributed by atoms with Gasteiger partial charge < -0.3 is 4.90 Å². The molecule has 0 radical (unpaired) electrons. The van der Waals surface area contributed by atoms with E-state index in [9.17, 15) is 4.79 Å². The maximum atomic E-state index is 12.3. The van der Waals surface area contributed by atoms with E-state index in [0.29, 0.717) is 6.42 Å². The van der Waals surface area contributed by atoms with Crippen molar-refractivity contribution in [2.45, 2.75) is 12.8 Å². The smallest absolute Gasteiger partial charge is 0.227 e. The van der Waals surface area contributed by atoms with Gasteiger partial charge in [-0.25, -0.2) is 0 Å². The summed E-state index contributed by atoms with van der Waals surface area (Å²) in [5.41, 5.74) is 1.39. The Morgan fingerprint density at radius 3 is 2.45 bits per heavy atom. The number of benzene rings is 1. The second kappa shape index (κ2) is 7.56. The third-order valence-electron chi connectivity index (χ3n) is 4.19. The Morgan fingerprint density at radius 1 is 1.00 bits per heavy atom. The van der Waals surface area contributed by atoms with E-state index in [1.165, 1.54) is 5.56 Å². The van der Waals surface area contributed by atoms with Gasteiger partial charge in [0.05, 0.1) is 6.42 Å². The summed E-state index contributed by atoms with van der Waals surface area (Å²) >= 11 is 1.66. The number of piperazine rings is 1. The minimum Gasteiger partial charge on any atom is -0.340 e. The van der Waals surface area contributed by atoms with Gasteiger partial charge in [0, 0.05) is 37.6 Å². The van der Waals surface area contributed by atoms with Crippen LogP contribution in [0.2, 0.25) is 0 Å². The fourth-order valence-electron chi connectivity index (χ4n) is 2.83. The van der Waals surface area contributed by atoms with Crippen LogP contribution in [0.25, 0.3) is 0 Å². The van der Waals surface area contributed by atoms with Gasteiger partial charge in [-0.15, -0.1) is 11.3 Å². The van der Waals surface area contributed by atoms with Crippen molar-refractivity contribution in [3.63, 3.8) is 0 Å². The molecule has 1 amide bonds. The molecule has 0 N–H and O–H groups in total. The van der Waals surface area contributed by atoms with Crippen LogP contribution < -0.4 is 0 Å². The molecule has 0 atom stereocenters. The molecule has 2 heterocycles. The van der Waals surface area contributed by atoms with Crippen molar-refractivity contribution in [3.05, 3.63) is 58.3 Å². The Bertz CT molecular complexity index is 574. The maximum Gasteiger partial charge on any atom is 0.227 e. The van der Waals surface area contributed by atoms with Gasteiger partial charge in [-0.2, -0.15) is 0 Å². The number of nitrogens with zero attached hydrogens (tertiary/aromatic N) is 2. The van der Waals surface area contributed by atoms with E-state index in [0.717, 1.165) is 44.0 Å². The number of thiophene rings is 1. The molecule has 22 heavy (non-hydrogen) atoms. The number of rotatable bonds is 5. The second-order valence-corrected chi connectivity index (χ2v) is 6.75. The largest absolute Gasteiger partial charge is 0.340 e. The van der Waals surface area contributed by atoms with Crippen LogP contribution in [0.15, 0.2) is 47.8 Å². The Kier molecular flexibility index (Phi) is 5.24. The second-order valence-electron chi connectivity index (χ2n) is 5.71. The van der Waals surface area contributed by atoms with E-state index in [2.05, 4.69) is 35.2 Å². The number of amides is 1. The van der Waals surface area contributed by atoms with Crippen LogP contribution >= 0.6 is 11.3 Å². The van der Waals surface area contributed by atoms with Crippen molar-refractivity contribution in [3.8, 4) is 0 Å². The molecule has 1 aliphatic heterocycles. The molecule has 2 aromatic rings. The predicted octanol–water partition coefficient (Wildman–Crippen LogP) is 2.68. The molecule has 1 saturated heterocycles. The highest BCUT2D eigenvalue weighted by Gasteiger charge is 2.21. The molecule has 0 aliphatic carbocycles. The highest BCUT2D eigenvalue weighted by Crippen LogP contribution is 2.12. The van der Waals surface area contributed by atoms with Crippen molar-refractivity contribution in [1.29, 1.82) is 0 Å². The molecule has 1 aromatic carbocycles. The average Bonchev–Trinajstić information content (AvgIpc) is 3.07. The van der Waals surface area contributed by atoms with Crippen LogP contribution in [-0.2, 0) is 17.6 Å². The third kappa shape index (κ3) is 4.18. The summed E-state index contributed by atoms with van der Waals surface area (Å²) in [6.07, 6.45) is 1.64. The highest BCUT2D eigenvalue weighted by atomic mass is 32.1. The van der Waals surface area contributed by atoms with E-state index >= 15 is 0 Å². The van der Waals surface area contributed by atoms with Crippen LogP contribution in [0.1, 0.15) is 10.4 Å². The summed E-state index contributed by atoms with van der Waals surface area (Å²) < 4.78 is 0. The SMILES string of the molecule is O=C(Cc1cccs1)N1CCN(CCc2ccccc2)CC1. The molecule has 0 saturated carbocycles. The van der Waals surface area contributed by atoms with Gasteiger partial charge in [0.25, 0.3) is 0 Å². The first-order chi connectivity index (χ1) is 10.8. The zero-order chi connectivity index (χ0) is 15.2. The quantitative estimate of drug-likeness (QED) is 0.847. The molecule has 0 spiro atoms. The molecule has 3 rings (SSSR count). The minimum absolute atomic E-state index is 0.269. The first kappa shape index (κ1) is 15.3. The molecular formula is C18H22N2OS. The molecular weight excluding hydrogens is 292 g/mol. The summed E-state index contributed by atoms with van der Waals surface area (Å²) in [5.74, 6) is 0.269. The highest BCUT2D eigenvalue weighted by molar-refractivity contribution is 7.10. The topological polar surface area (TPSA) is 23.6 Å². The lowest BCUT2D eigenvalue weighted by atomic mass is 10.1. The first-order valence-electron chi connectivity index (χ1n) is 7.88. The molecule has 1 aliphatic rings. The first-order valence-corrected chi connectivity index (χ1v) is 8.76. The van der Waals surface area contributed by atoms with E-state index in [4.69, 9.17) is 0 Å². The number of hydrogen-bond donors (Lipinski definition) is 0.